The van der Waals surface area contributed by atoms with Crippen molar-refractivity contribution < 1.29 is 14.3 Å². The summed E-state index contributed by atoms with van der Waals surface area (Å²) in [5.74, 6) is 0.868. The van der Waals surface area contributed by atoms with Gasteiger partial charge in [0.25, 0.3) is 0 Å². The molecule has 3 aromatic carbocycles. The van der Waals surface area contributed by atoms with Gasteiger partial charge in [-0.25, -0.2) is 9.78 Å². The molecular weight excluding hydrogens is 362 g/mol. The van der Waals surface area contributed by atoms with Crippen LogP contribution < -0.4 is 9.47 Å². The molecule has 144 valence electrons. The fourth-order valence-corrected chi connectivity index (χ4v) is 3.00. The molecule has 29 heavy (non-hydrogen) atoms. The SMILES string of the molecule is Cc1ccc(OCc2ccc(C(=O)Oc3cccc4ccc(C)nc34)cc2)cc1. The Kier molecular flexibility index (Phi) is 5.25. The molecule has 0 radical (unpaired) electrons. The van der Waals surface area contributed by atoms with Gasteiger partial charge in [0.2, 0.25) is 0 Å². The van der Waals surface area contributed by atoms with Crippen LogP contribution in [0.2, 0.25) is 0 Å². The number of rotatable bonds is 5. The number of nitrogens with zero attached hydrogens (tertiary/aromatic N) is 1. The number of ether oxygens (including phenoxy) is 2. The molecule has 0 spiro atoms. The summed E-state index contributed by atoms with van der Waals surface area (Å²) in [6.45, 7) is 4.39. The first kappa shape index (κ1) is 18.7. The second-order valence-electron chi connectivity index (χ2n) is 6.97. The third-order valence-corrected chi connectivity index (χ3v) is 4.64. The van der Waals surface area contributed by atoms with Crippen molar-refractivity contribution in [3.63, 3.8) is 0 Å². The quantitative estimate of drug-likeness (QED) is 0.330. The molecule has 1 heterocycles. The predicted octanol–water partition coefficient (Wildman–Crippen LogP) is 5.65. The maximum atomic E-state index is 12.6. The average molecular weight is 383 g/mol. The minimum Gasteiger partial charge on any atom is -0.489 e. The van der Waals surface area contributed by atoms with E-state index in [0.717, 1.165) is 22.4 Å². The zero-order valence-corrected chi connectivity index (χ0v) is 16.4. The first-order chi connectivity index (χ1) is 14.1. The van der Waals surface area contributed by atoms with Gasteiger partial charge in [0.05, 0.1) is 5.56 Å². The molecule has 4 rings (SSSR count). The van der Waals surface area contributed by atoms with Gasteiger partial charge in [0.15, 0.2) is 5.75 Å². The summed E-state index contributed by atoms with van der Waals surface area (Å²) in [6, 6.07) is 24.6. The van der Waals surface area contributed by atoms with Crippen LogP contribution in [0.15, 0.2) is 78.9 Å². The lowest BCUT2D eigenvalue weighted by Gasteiger charge is -2.09. The molecule has 0 fully saturated rings. The molecule has 0 atom stereocenters. The van der Waals surface area contributed by atoms with Crippen LogP contribution >= 0.6 is 0 Å². The van der Waals surface area contributed by atoms with E-state index in [1.807, 2.05) is 74.5 Å². The third kappa shape index (κ3) is 4.43. The smallest absolute Gasteiger partial charge is 0.343 e. The summed E-state index contributed by atoms with van der Waals surface area (Å²) in [4.78, 5) is 17.1. The molecule has 0 aliphatic rings. The summed E-state index contributed by atoms with van der Waals surface area (Å²) in [7, 11) is 0. The summed E-state index contributed by atoms with van der Waals surface area (Å²) in [6.07, 6.45) is 0. The van der Waals surface area contributed by atoms with Crippen LogP contribution in [0, 0.1) is 13.8 Å². The number of fused-ring (bicyclic) bond motifs is 1. The highest BCUT2D eigenvalue weighted by atomic mass is 16.5. The van der Waals surface area contributed by atoms with Gasteiger partial charge in [-0.2, -0.15) is 0 Å². The van der Waals surface area contributed by atoms with Crippen molar-refractivity contribution in [2.24, 2.45) is 0 Å². The van der Waals surface area contributed by atoms with Crippen molar-refractivity contribution in [2.45, 2.75) is 20.5 Å². The number of benzene rings is 3. The maximum absolute atomic E-state index is 12.6. The van der Waals surface area contributed by atoms with Gasteiger partial charge in [-0.1, -0.05) is 48.0 Å². The van der Waals surface area contributed by atoms with E-state index in [4.69, 9.17) is 9.47 Å². The van der Waals surface area contributed by atoms with Crippen molar-refractivity contribution in [3.05, 3.63) is 101 Å². The van der Waals surface area contributed by atoms with Crippen LogP contribution in [0.25, 0.3) is 10.9 Å². The Hall–Kier alpha value is -3.66. The minimum atomic E-state index is -0.410. The largest absolute Gasteiger partial charge is 0.489 e. The molecule has 0 saturated heterocycles. The molecule has 1 aromatic heterocycles. The first-order valence-corrected chi connectivity index (χ1v) is 9.45. The molecule has 0 N–H and O–H groups in total. The number of hydrogen-bond donors (Lipinski definition) is 0. The van der Waals surface area contributed by atoms with Gasteiger partial charge in [-0.05, 0) is 55.8 Å². The Labute approximate surface area is 169 Å². The maximum Gasteiger partial charge on any atom is 0.343 e. The molecule has 0 aliphatic heterocycles. The highest BCUT2D eigenvalue weighted by molar-refractivity contribution is 5.94. The lowest BCUT2D eigenvalue weighted by atomic mass is 10.1. The second-order valence-corrected chi connectivity index (χ2v) is 6.97. The number of carbonyl (C=O) groups excluding carboxylic acids is 1. The Bertz CT molecular complexity index is 1150. The molecule has 4 aromatic rings. The van der Waals surface area contributed by atoms with Crippen LogP contribution in [0.4, 0.5) is 0 Å². The van der Waals surface area contributed by atoms with Crippen LogP contribution in [0.5, 0.6) is 11.5 Å². The van der Waals surface area contributed by atoms with E-state index in [0.29, 0.717) is 23.4 Å². The van der Waals surface area contributed by atoms with E-state index < -0.39 is 5.97 Å². The van der Waals surface area contributed by atoms with Crippen molar-refractivity contribution in [1.82, 2.24) is 4.98 Å². The Morgan fingerprint density at radius 2 is 1.62 bits per heavy atom. The van der Waals surface area contributed by atoms with Gasteiger partial charge >= 0.3 is 5.97 Å². The van der Waals surface area contributed by atoms with Crippen LogP contribution in [-0.4, -0.2) is 11.0 Å². The number of hydrogen-bond acceptors (Lipinski definition) is 4. The fraction of sp³-hybridized carbons (Fsp3) is 0.120. The van der Waals surface area contributed by atoms with Crippen molar-refractivity contribution in [2.75, 3.05) is 0 Å². The number of aryl methyl sites for hydroxylation is 2. The van der Waals surface area contributed by atoms with Gasteiger partial charge in [0, 0.05) is 11.1 Å². The van der Waals surface area contributed by atoms with Crippen LogP contribution in [0.3, 0.4) is 0 Å². The molecule has 4 heteroatoms. The molecule has 0 aliphatic carbocycles. The Morgan fingerprint density at radius 1 is 0.862 bits per heavy atom. The third-order valence-electron chi connectivity index (χ3n) is 4.64. The predicted molar refractivity (Wildman–Crippen MR) is 113 cm³/mol. The van der Waals surface area contributed by atoms with Crippen molar-refractivity contribution in [1.29, 1.82) is 0 Å². The number of aromatic nitrogens is 1. The summed E-state index contributed by atoms with van der Waals surface area (Å²) >= 11 is 0. The summed E-state index contributed by atoms with van der Waals surface area (Å²) < 4.78 is 11.4. The lowest BCUT2D eigenvalue weighted by molar-refractivity contribution is 0.0736. The van der Waals surface area contributed by atoms with E-state index in [2.05, 4.69) is 4.98 Å². The van der Waals surface area contributed by atoms with E-state index in [1.165, 1.54) is 5.56 Å². The molecule has 4 nitrogen and oxygen atoms in total. The number of pyridine rings is 1. The molecule has 0 saturated carbocycles. The van der Waals surface area contributed by atoms with E-state index in [1.54, 1.807) is 18.2 Å². The zero-order chi connectivity index (χ0) is 20.2. The monoisotopic (exact) mass is 383 g/mol. The van der Waals surface area contributed by atoms with Gasteiger partial charge < -0.3 is 9.47 Å². The standard InChI is InChI=1S/C25H21NO3/c1-17-6-14-22(15-7-17)28-16-19-9-12-21(13-10-19)25(27)29-23-5-3-4-20-11-8-18(2)26-24(20)23/h3-15H,16H2,1-2H3. The normalized spacial score (nSPS) is 10.7. The zero-order valence-electron chi connectivity index (χ0n) is 16.4. The van der Waals surface area contributed by atoms with Gasteiger partial charge in [0.1, 0.15) is 17.9 Å². The molecule has 0 bridgehead atoms. The van der Waals surface area contributed by atoms with E-state index in [-0.39, 0.29) is 0 Å². The minimum absolute atomic E-state index is 0.410. The van der Waals surface area contributed by atoms with Gasteiger partial charge in [-0.3, -0.25) is 0 Å². The highest BCUT2D eigenvalue weighted by Gasteiger charge is 2.12. The Morgan fingerprint density at radius 3 is 2.38 bits per heavy atom. The average Bonchev–Trinajstić information content (AvgIpc) is 2.74. The first-order valence-electron chi connectivity index (χ1n) is 9.45. The summed E-state index contributed by atoms with van der Waals surface area (Å²) in [5, 5.41) is 0.935. The number of para-hydroxylation sites is 1. The van der Waals surface area contributed by atoms with Crippen LogP contribution in [-0.2, 0) is 6.61 Å². The molecule has 0 amide bonds. The topological polar surface area (TPSA) is 48.4 Å². The van der Waals surface area contributed by atoms with Crippen molar-refractivity contribution in [3.8, 4) is 11.5 Å². The Balaban J connectivity index is 1.44. The molecular formula is C25H21NO3. The highest BCUT2D eigenvalue weighted by Crippen LogP contribution is 2.25. The summed E-state index contributed by atoms with van der Waals surface area (Å²) in [5.41, 5.74) is 4.21. The van der Waals surface area contributed by atoms with E-state index >= 15 is 0 Å². The lowest BCUT2D eigenvalue weighted by Crippen LogP contribution is -2.09. The second kappa shape index (κ2) is 8.15. The van der Waals surface area contributed by atoms with Crippen LogP contribution in [0.1, 0.15) is 27.2 Å². The fourth-order valence-electron chi connectivity index (χ4n) is 3.00. The number of carbonyl (C=O) groups is 1. The molecule has 0 unspecified atom stereocenters. The van der Waals surface area contributed by atoms with E-state index in [9.17, 15) is 4.79 Å². The van der Waals surface area contributed by atoms with Crippen molar-refractivity contribution >= 4 is 16.9 Å². The number of esters is 1. The van der Waals surface area contributed by atoms with Gasteiger partial charge in [-0.15, -0.1) is 0 Å².